The molecule has 0 saturated heterocycles. The van der Waals surface area contributed by atoms with Crippen molar-refractivity contribution < 1.29 is 9.53 Å². The van der Waals surface area contributed by atoms with E-state index in [0.29, 0.717) is 4.88 Å². The van der Waals surface area contributed by atoms with Crippen molar-refractivity contribution >= 4 is 33.2 Å². The summed E-state index contributed by atoms with van der Waals surface area (Å²) in [6.45, 7) is 1.83. The number of thiophene rings is 1. The normalized spacial score (nSPS) is 15.0. The highest BCUT2D eigenvalue weighted by atomic mass is 79.9. The predicted molar refractivity (Wildman–Crippen MR) is 58.8 cm³/mol. The zero-order valence-electron chi connectivity index (χ0n) is 7.72. The maximum Gasteiger partial charge on any atom is 0.349 e. The fourth-order valence-electron chi connectivity index (χ4n) is 1.52. The minimum Gasteiger partial charge on any atom is -0.465 e. The number of hydrogen-bond donors (Lipinski definition) is 1. The van der Waals surface area contributed by atoms with Crippen molar-refractivity contribution in [2.75, 3.05) is 13.7 Å². The molecule has 1 N–H and O–H groups in total. The van der Waals surface area contributed by atoms with E-state index in [2.05, 4.69) is 21.2 Å². The molecule has 14 heavy (non-hydrogen) atoms. The van der Waals surface area contributed by atoms with Crippen molar-refractivity contribution in [1.82, 2.24) is 5.32 Å². The van der Waals surface area contributed by atoms with Gasteiger partial charge >= 0.3 is 5.97 Å². The molecule has 1 aromatic heterocycles. The van der Waals surface area contributed by atoms with Gasteiger partial charge < -0.3 is 10.1 Å². The lowest BCUT2D eigenvalue weighted by Crippen LogP contribution is -2.21. The van der Waals surface area contributed by atoms with Gasteiger partial charge in [0.05, 0.1) is 7.11 Å². The first-order valence-electron chi connectivity index (χ1n) is 4.33. The van der Waals surface area contributed by atoms with Crippen molar-refractivity contribution in [3.63, 3.8) is 0 Å². The topological polar surface area (TPSA) is 38.3 Å². The zero-order valence-corrected chi connectivity index (χ0v) is 10.1. The summed E-state index contributed by atoms with van der Waals surface area (Å²) in [6.07, 6.45) is 0.976. The molecule has 0 radical (unpaired) electrons. The Balaban J connectivity index is 2.43. The molecule has 1 aliphatic heterocycles. The molecule has 2 rings (SSSR count). The molecule has 76 valence electrons. The Kier molecular flexibility index (Phi) is 2.90. The monoisotopic (exact) mass is 275 g/mol. The van der Waals surface area contributed by atoms with Gasteiger partial charge in [-0.1, -0.05) is 0 Å². The molecular formula is C9H10BrNO2S. The van der Waals surface area contributed by atoms with Crippen molar-refractivity contribution in [1.29, 1.82) is 0 Å². The minimum atomic E-state index is -0.253. The number of rotatable bonds is 1. The van der Waals surface area contributed by atoms with E-state index < -0.39 is 0 Å². The summed E-state index contributed by atoms with van der Waals surface area (Å²) in [5.74, 6) is -0.253. The maximum atomic E-state index is 11.4. The zero-order chi connectivity index (χ0) is 10.1. The van der Waals surface area contributed by atoms with E-state index in [1.54, 1.807) is 0 Å². The summed E-state index contributed by atoms with van der Waals surface area (Å²) in [6, 6.07) is 0. The Hall–Kier alpha value is -0.390. The van der Waals surface area contributed by atoms with Crippen LogP contribution in [-0.2, 0) is 17.7 Å². The molecule has 2 heterocycles. The van der Waals surface area contributed by atoms with Crippen LogP contribution in [0.25, 0.3) is 0 Å². The van der Waals surface area contributed by atoms with Crippen LogP contribution in [0, 0.1) is 0 Å². The van der Waals surface area contributed by atoms with Gasteiger partial charge in [0.2, 0.25) is 0 Å². The van der Waals surface area contributed by atoms with Gasteiger partial charge in [0.15, 0.2) is 0 Å². The van der Waals surface area contributed by atoms with Crippen LogP contribution in [-0.4, -0.2) is 19.6 Å². The van der Waals surface area contributed by atoms with Gasteiger partial charge in [-0.25, -0.2) is 4.79 Å². The number of esters is 1. The van der Waals surface area contributed by atoms with Crippen LogP contribution in [0.1, 0.15) is 20.1 Å². The molecule has 1 aliphatic rings. The lowest BCUT2D eigenvalue weighted by atomic mass is 10.1. The SMILES string of the molecule is COC(=O)c1sc2c(c1Br)CCNC2. The molecule has 0 spiro atoms. The lowest BCUT2D eigenvalue weighted by Gasteiger charge is -2.11. The molecule has 0 fully saturated rings. The summed E-state index contributed by atoms with van der Waals surface area (Å²) in [5, 5.41) is 3.28. The van der Waals surface area contributed by atoms with Crippen molar-refractivity contribution in [3.05, 3.63) is 19.8 Å². The van der Waals surface area contributed by atoms with Crippen LogP contribution >= 0.6 is 27.3 Å². The average molecular weight is 276 g/mol. The second-order valence-electron chi connectivity index (χ2n) is 3.07. The molecular weight excluding hydrogens is 266 g/mol. The molecule has 0 amide bonds. The van der Waals surface area contributed by atoms with E-state index in [1.165, 1.54) is 28.9 Å². The first-order chi connectivity index (χ1) is 6.74. The Morgan fingerprint density at radius 2 is 2.43 bits per heavy atom. The van der Waals surface area contributed by atoms with Gasteiger partial charge in [0.25, 0.3) is 0 Å². The molecule has 0 aliphatic carbocycles. The third kappa shape index (κ3) is 1.60. The highest BCUT2D eigenvalue weighted by Crippen LogP contribution is 2.35. The van der Waals surface area contributed by atoms with Crippen LogP contribution in [0.15, 0.2) is 4.47 Å². The minimum absolute atomic E-state index is 0.253. The average Bonchev–Trinajstić information content (AvgIpc) is 2.56. The highest BCUT2D eigenvalue weighted by molar-refractivity contribution is 9.10. The maximum absolute atomic E-state index is 11.4. The van der Waals surface area contributed by atoms with Gasteiger partial charge in [-0.3, -0.25) is 0 Å². The smallest absolute Gasteiger partial charge is 0.349 e. The Morgan fingerprint density at radius 1 is 1.64 bits per heavy atom. The van der Waals surface area contributed by atoms with E-state index in [4.69, 9.17) is 4.74 Å². The molecule has 3 nitrogen and oxygen atoms in total. The molecule has 0 unspecified atom stereocenters. The number of hydrogen-bond acceptors (Lipinski definition) is 4. The lowest BCUT2D eigenvalue weighted by molar-refractivity contribution is 0.0605. The van der Waals surface area contributed by atoms with E-state index in [9.17, 15) is 4.79 Å². The Labute approximate surface area is 94.6 Å². The summed E-state index contributed by atoms with van der Waals surface area (Å²) in [5.41, 5.74) is 1.26. The predicted octanol–water partition coefficient (Wildman–Crippen LogP) is 1.94. The fraction of sp³-hybridized carbons (Fsp3) is 0.444. The number of methoxy groups -OCH3 is 1. The first kappa shape index (κ1) is 10.1. The number of nitrogens with one attached hydrogen (secondary N) is 1. The second-order valence-corrected chi connectivity index (χ2v) is 4.96. The van der Waals surface area contributed by atoms with Crippen molar-refractivity contribution in [2.45, 2.75) is 13.0 Å². The number of carbonyl (C=O) groups excluding carboxylic acids is 1. The van der Waals surface area contributed by atoms with E-state index in [1.807, 2.05) is 0 Å². The van der Waals surface area contributed by atoms with E-state index in [-0.39, 0.29) is 5.97 Å². The standard InChI is InChI=1S/C9H10BrNO2S/c1-13-9(12)8-7(10)5-2-3-11-4-6(5)14-8/h11H,2-4H2,1H3. The van der Waals surface area contributed by atoms with Crippen LogP contribution in [0.5, 0.6) is 0 Å². The Morgan fingerprint density at radius 3 is 3.07 bits per heavy atom. The van der Waals surface area contributed by atoms with Gasteiger partial charge in [0.1, 0.15) is 4.88 Å². The van der Waals surface area contributed by atoms with Gasteiger partial charge in [-0.15, -0.1) is 11.3 Å². The molecule has 1 aromatic rings. The van der Waals surface area contributed by atoms with Crippen molar-refractivity contribution in [2.24, 2.45) is 0 Å². The van der Waals surface area contributed by atoms with Crippen molar-refractivity contribution in [3.8, 4) is 0 Å². The third-order valence-electron chi connectivity index (χ3n) is 2.23. The number of fused-ring (bicyclic) bond motifs is 1. The summed E-state index contributed by atoms with van der Waals surface area (Å²) < 4.78 is 5.64. The molecule has 5 heteroatoms. The largest absolute Gasteiger partial charge is 0.465 e. The molecule has 0 atom stereocenters. The summed E-state index contributed by atoms with van der Waals surface area (Å²) in [4.78, 5) is 13.3. The van der Waals surface area contributed by atoms with Crippen LogP contribution < -0.4 is 5.32 Å². The number of halogens is 1. The summed E-state index contributed by atoms with van der Waals surface area (Å²) in [7, 11) is 1.41. The highest BCUT2D eigenvalue weighted by Gasteiger charge is 2.22. The second kappa shape index (κ2) is 4.00. The fourth-order valence-corrected chi connectivity index (χ4v) is 3.62. The van der Waals surface area contributed by atoms with Gasteiger partial charge in [-0.2, -0.15) is 0 Å². The molecule has 0 saturated carbocycles. The quantitative estimate of drug-likeness (QED) is 0.797. The van der Waals surface area contributed by atoms with Crippen LogP contribution in [0.2, 0.25) is 0 Å². The van der Waals surface area contributed by atoms with Gasteiger partial charge in [0, 0.05) is 15.9 Å². The van der Waals surface area contributed by atoms with Gasteiger partial charge in [-0.05, 0) is 34.5 Å². The molecule has 0 bridgehead atoms. The van der Waals surface area contributed by atoms with Crippen LogP contribution in [0.4, 0.5) is 0 Å². The van der Waals surface area contributed by atoms with E-state index >= 15 is 0 Å². The first-order valence-corrected chi connectivity index (χ1v) is 5.94. The van der Waals surface area contributed by atoms with E-state index in [0.717, 1.165) is 24.0 Å². The Bertz CT molecular complexity index is 375. The summed E-state index contributed by atoms with van der Waals surface area (Å²) >= 11 is 4.97. The number of ether oxygens (including phenoxy) is 1. The molecule has 0 aromatic carbocycles. The number of carbonyl (C=O) groups is 1. The third-order valence-corrected chi connectivity index (χ3v) is 4.58. The van der Waals surface area contributed by atoms with Crippen LogP contribution in [0.3, 0.4) is 0 Å².